The summed E-state index contributed by atoms with van der Waals surface area (Å²) >= 11 is 1.78. The molecule has 262 valence electrons. The zero-order chi connectivity index (χ0) is 37.0. The first-order chi connectivity index (χ1) is 27.7. The maximum Gasteiger partial charge on any atom is 0.180 e. The van der Waals surface area contributed by atoms with Crippen molar-refractivity contribution in [2.45, 2.75) is 0 Å². The van der Waals surface area contributed by atoms with Crippen molar-refractivity contribution in [3.8, 4) is 67.9 Å². The van der Waals surface area contributed by atoms with E-state index in [0.29, 0.717) is 28.9 Å². The lowest BCUT2D eigenvalue weighted by Crippen LogP contribution is -2.00. The normalized spacial score (nSPS) is 11.6. The van der Waals surface area contributed by atoms with Gasteiger partial charge in [-0.1, -0.05) is 146 Å². The maximum absolute atomic E-state index is 6.34. The number of nitrogens with zero attached hydrogens (tertiary/aromatic N) is 5. The van der Waals surface area contributed by atoms with E-state index in [1.807, 2.05) is 97.1 Å². The van der Waals surface area contributed by atoms with Crippen LogP contribution in [0.15, 0.2) is 180 Å². The van der Waals surface area contributed by atoms with Crippen molar-refractivity contribution in [2.75, 3.05) is 0 Å². The molecule has 11 aromatic rings. The van der Waals surface area contributed by atoms with E-state index >= 15 is 0 Å². The Labute approximate surface area is 325 Å². The first-order valence-electron chi connectivity index (χ1n) is 18.4. The average Bonchev–Trinajstić information content (AvgIpc) is 3.85. The largest absolute Gasteiger partial charge is 0.452 e. The Bertz CT molecular complexity index is 3190. The minimum absolute atomic E-state index is 0.646. The fourth-order valence-electron chi connectivity index (χ4n) is 7.47. The van der Waals surface area contributed by atoms with E-state index in [1.54, 1.807) is 11.3 Å². The lowest BCUT2D eigenvalue weighted by molar-refractivity contribution is 0.667. The van der Waals surface area contributed by atoms with Crippen LogP contribution in [0.25, 0.3) is 110 Å². The quantitative estimate of drug-likeness (QED) is 0.169. The van der Waals surface area contributed by atoms with Crippen LogP contribution >= 0.6 is 11.3 Å². The van der Waals surface area contributed by atoms with E-state index in [0.717, 1.165) is 71.9 Å². The summed E-state index contributed by atoms with van der Waals surface area (Å²) in [6.45, 7) is 0. The van der Waals surface area contributed by atoms with Gasteiger partial charge in [0.05, 0.1) is 0 Å². The maximum atomic E-state index is 6.34. The van der Waals surface area contributed by atoms with Gasteiger partial charge < -0.3 is 4.42 Å². The van der Waals surface area contributed by atoms with Crippen LogP contribution in [0.5, 0.6) is 0 Å². The highest BCUT2D eigenvalue weighted by atomic mass is 32.1. The number of benzene rings is 7. The van der Waals surface area contributed by atoms with Crippen LogP contribution < -0.4 is 0 Å². The van der Waals surface area contributed by atoms with Crippen molar-refractivity contribution >= 4 is 53.6 Å². The summed E-state index contributed by atoms with van der Waals surface area (Å²) < 4.78 is 8.70. The number of furan rings is 1. The van der Waals surface area contributed by atoms with Gasteiger partial charge in [0.15, 0.2) is 28.9 Å². The fourth-order valence-corrected chi connectivity index (χ4v) is 8.64. The Kier molecular flexibility index (Phi) is 7.57. The summed E-state index contributed by atoms with van der Waals surface area (Å²) in [6.07, 6.45) is 0. The topological polar surface area (TPSA) is 77.6 Å². The minimum Gasteiger partial charge on any atom is -0.452 e. The van der Waals surface area contributed by atoms with Crippen molar-refractivity contribution in [1.29, 1.82) is 0 Å². The molecule has 0 bridgehead atoms. The Morgan fingerprint density at radius 3 is 1.71 bits per heavy atom. The second kappa shape index (κ2) is 13.2. The Morgan fingerprint density at radius 1 is 0.375 bits per heavy atom. The molecule has 0 saturated carbocycles. The zero-order valence-electron chi connectivity index (χ0n) is 29.8. The molecule has 0 spiro atoms. The smallest absolute Gasteiger partial charge is 0.180 e. The van der Waals surface area contributed by atoms with Crippen molar-refractivity contribution < 1.29 is 4.42 Å². The molecule has 6 nitrogen and oxygen atoms in total. The van der Waals surface area contributed by atoms with E-state index in [9.17, 15) is 0 Å². The second-order valence-corrected chi connectivity index (χ2v) is 14.7. The van der Waals surface area contributed by atoms with Crippen molar-refractivity contribution in [2.24, 2.45) is 0 Å². The molecule has 0 aliphatic rings. The Balaban J connectivity index is 1.03. The zero-order valence-corrected chi connectivity index (χ0v) is 30.6. The molecular formula is C49H29N5OS. The number of para-hydroxylation sites is 1. The van der Waals surface area contributed by atoms with Crippen molar-refractivity contribution in [1.82, 2.24) is 24.9 Å². The van der Waals surface area contributed by atoms with Crippen LogP contribution in [0.2, 0.25) is 0 Å². The summed E-state index contributed by atoms with van der Waals surface area (Å²) in [5, 5.41) is 3.27. The van der Waals surface area contributed by atoms with Crippen LogP contribution in [-0.4, -0.2) is 24.9 Å². The third-order valence-corrected chi connectivity index (χ3v) is 11.3. The first kappa shape index (κ1) is 32.1. The summed E-state index contributed by atoms with van der Waals surface area (Å²) in [5.74, 6) is 2.60. The predicted molar refractivity (Wildman–Crippen MR) is 228 cm³/mol. The molecule has 7 aromatic carbocycles. The number of fused-ring (bicyclic) bond motifs is 6. The van der Waals surface area contributed by atoms with Gasteiger partial charge in [-0.15, -0.1) is 11.3 Å². The lowest BCUT2D eigenvalue weighted by atomic mass is 10.00. The van der Waals surface area contributed by atoms with Gasteiger partial charge in [-0.2, -0.15) is 0 Å². The second-order valence-electron chi connectivity index (χ2n) is 13.6. The van der Waals surface area contributed by atoms with Gasteiger partial charge >= 0.3 is 0 Å². The molecule has 0 radical (unpaired) electrons. The first-order valence-corrected chi connectivity index (χ1v) is 19.2. The summed E-state index contributed by atoms with van der Waals surface area (Å²) in [6, 6.07) is 60.0. The molecule has 0 unspecified atom stereocenters. The molecule has 0 aliphatic carbocycles. The molecule has 4 heterocycles. The summed E-state index contributed by atoms with van der Waals surface area (Å²) in [5.41, 5.74) is 10.1. The summed E-state index contributed by atoms with van der Waals surface area (Å²) in [7, 11) is 0. The van der Waals surface area contributed by atoms with E-state index in [-0.39, 0.29) is 0 Å². The molecule has 0 saturated heterocycles. The molecular weight excluding hydrogens is 707 g/mol. The van der Waals surface area contributed by atoms with Crippen LogP contribution in [0.4, 0.5) is 0 Å². The SMILES string of the molecule is c1ccc(-c2nc(-c3ccccc3)nc(-c3cccc4sc5cc(-c6cccc(-c7nc(-c8ccccc8)c8oc9ccccc9c8n7)c6)ccc5c34)n2)cc1. The molecule has 56 heavy (non-hydrogen) atoms. The molecule has 0 N–H and O–H groups in total. The number of hydrogen-bond donors (Lipinski definition) is 0. The van der Waals surface area contributed by atoms with Gasteiger partial charge in [0.25, 0.3) is 0 Å². The molecule has 0 atom stereocenters. The molecule has 0 amide bonds. The van der Waals surface area contributed by atoms with E-state index < -0.39 is 0 Å². The van der Waals surface area contributed by atoms with E-state index in [2.05, 4.69) is 78.9 Å². The van der Waals surface area contributed by atoms with Crippen molar-refractivity contribution in [3.05, 3.63) is 176 Å². The Hall–Kier alpha value is -7.35. The van der Waals surface area contributed by atoms with Crippen LogP contribution in [0.1, 0.15) is 0 Å². The number of rotatable bonds is 6. The highest BCUT2D eigenvalue weighted by molar-refractivity contribution is 7.26. The number of thiophene rings is 1. The van der Waals surface area contributed by atoms with Crippen molar-refractivity contribution in [3.63, 3.8) is 0 Å². The molecule has 0 aliphatic heterocycles. The van der Waals surface area contributed by atoms with E-state index in [4.69, 9.17) is 29.3 Å². The van der Waals surface area contributed by atoms with Gasteiger partial charge in [0.1, 0.15) is 16.8 Å². The molecule has 11 rings (SSSR count). The standard InChI is InChI=1S/C49H29N5OS/c1-4-14-30(15-5-1)43-45-44(36-22-10-11-24-39(36)55-45)51-48(50-43)35-21-12-20-33(28-35)34-26-27-37-41(29-34)56-40-25-13-23-38(42(37)40)49-53-46(31-16-6-2-7-17-31)52-47(54-49)32-18-8-3-9-19-32/h1-29H. The van der Waals surface area contributed by atoms with E-state index in [1.165, 1.54) is 9.40 Å². The molecule has 4 aromatic heterocycles. The van der Waals surface area contributed by atoms with Gasteiger partial charge in [-0.25, -0.2) is 24.9 Å². The highest BCUT2D eigenvalue weighted by Crippen LogP contribution is 2.42. The van der Waals surface area contributed by atoms with Crippen LogP contribution in [-0.2, 0) is 0 Å². The average molecular weight is 736 g/mol. The van der Waals surface area contributed by atoms with Crippen LogP contribution in [0.3, 0.4) is 0 Å². The Morgan fingerprint density at radius 2 is 0.964 bits per heavy atom. The third kappa shape index (κ3) is 5.52. The molecule has 7 heteroatoms. The van der Waals surface area contributed by atoms with Gasteiger partial charge in [0.2, 0.25) is 0 Å². The monoisotopic (exact) mass is 735 g/mol. The lowest BCUT2D eigenvalue weighted by Gasteiger charge is -2.10. The number of aromatic nitrogens is 5. The predicted octanol–water partition coefficient (Wildman–Crippen LogP) is 12.9. The number of hydrogen-bond acceptors (Lipinski definition) is 7. The highest BCUT2D eigenvalue weighted by Gasteiger charge is 2.20. The third-order valence-electron chi connectivity index (χ3n) is 10.2. The fraction of sp³-hybridized carbons (Fsp3) is 0. The van der Waals surface area contributed by atoms with Gasteiger partial charge in [-0.05, 0) is 41.5 Å². The minimum atomic E-state index is 0.646. The van der Waals surface area contributed by atoms with Gasteiger partial charge in [0, 0.05) is 53.4 Å². The van der Waals surface area contributed by atoms with Crippen LogP contribution in [0, 0.1) is 0 Å². The van der Waals surface area contributed by atoms with Gasteiger partial charge in [-0.3, -0.25) is 0 Å². The summed E-state index contributed by atoms with van der Waals surface area (Å²) in [4.78, 5) is 25.3. The molecule has 0 fully saturated rings.